The zero-order valence-corrected chi connectivity index (χ0v) is 28.9. The number of carbonyl (C=O) groups is 3. The number of benzene rings is 2. The van der Waals surface area contributed by atoms with Gasteiger partial charge in [-0.15, -0.1) is 0 Å². The van der Waals surface area contributed by atoms with E-state index in [0.717, 1.165) is 5.56 Å². The Morgan fingerprint density at radius 3 is 1.93 bits per heavy atom. The lowest BCUT2D eigenvalue weighted by Gasteiger charge is -2.40. The summed E-state index contributed by atoms with van der Waals surface area (Å²) in [4.78, 5) is 42.1. The number of nitrogens with zero attached hydrogens (tertiary/aromatic N) is 1. The second-order valence-electron chi connectivity index (χ2n) is 13.0. The maximum absolute atomic E-state index is 14.0. The van der Waals surface area contributed by atoms with Crippen molar-refractivity contribution in [2.24, 2.45) is 11.3 Å². The van der Waals surface area contributed by atoms with Gasteiger partial charge in [-0.05, 0) is 55.1 Å². The molecule has 44 heavy (non-hydrogen) atoms. The van der Waals surface area contributed by atoms with Crippen molar-refractivity contribution in [1.82, 2.24) is 20.3 Å². The average Bonchev–Trinajstić information content (AvgIpc) is 2.93. The van der Waals surface area contributed by atoms with Gasteiger partial charge in [0, 0.05) is 23.1 Å². The Labute approximate surface area is 267 Å². The molecule has 0 spiro atoms. The van der Waals surface area contributed by atoms with E-state index >= 15 is 0 Å². The highest BCUT2D eigenvalue weighted by atomic mass is 35.5. The Hall–Kier alpha value is -3.21. The van der Waals surface area contributed by atoms with Crippen LogP contribution in [-0.2, 0) is 29.8 Å². The van der Waals surface area contributed by atoms with Crippen LogP contribution in [0.25, 0.3) is 0 Å². The number of hydrogen-bond donors (Lipinski definition) is 3. The smallest absolute Gasteiger partial charge is 0.264 e. The van der Waals surface area contributed by atoms with Crippen LogP contribution in [0.15, 0.2) is 71.1 Å². The third kappa shape index (κ3) is 9.15. The number of likely N-dealkylation sites (N-methyl/N-ethyl adjacent to an activating group) is 2. The zero-order valence-electron chi connectivity index (χ0n) is 27.4. The van der Waals surface area contributed by atoms with Crippen molar-refractivity contribution in [2.75, 3.05) is 14.1 Å². The summed E-state index contributed by atoms with van der Waals surface area (Å²) in [6, 6.07) is 13.1. The van der Waals surface area contributed by atoms with E-state index in [1.807, 2.05) is 78.8 Å². The van der Waals surface area contributed by atoms with Gasteiger partial charge in [-0.2, -0.15) is 0 Å². The van der Waals surface area contributed by atoms with Gasteiger partial charge in [0.1, 0.15) is 6.04 Å². The van der Waals surface area contributed by atoms with Crippen LogP contribution < -0.4 is 15.4 Å². The van der Waals surface area contributed by atoms with Crippen LogP contribution >= 0.6 is 11.6 Å². The van der Waals surface area contributed by atoms with Crippen molar-refractivity contribution in [2.45, 2.75) is 83.8 Å². The SMILES string of the molecule is CN[C@H](C(=O)N[C@H](C(=O)N(C)[C@H](C=C(C)C(=O)NS(=O)(=O)c1ccc(Cl)cc1)C(C)C)C(C)(C)C)C(C)(C)c1ccccc1. The third-order valence-corrected chi connectivity index (χ3v) is 9.40. The summed E-state index contributed by atoms with van der Waals surface area (Å²) in [5.41, 5.74) is -0.142. The predicted octanol–water partition coefficient (Wildman–Crippen LogP) is 4.67. The molecule has 0 unspecified atom stereocenters. The molecule has 0 saturated heterocycles. The standard InChI is InChI=1S/C33H47ClN4O5S/c1-21(2)26(20-22(3)29(39)37-44(42,43)25-18-16-24(34)17-19-25)38(10)31(41)28(32(4,5)6)36-30(40)27(35-9)33(7,8)23-14-12-11-13-15-23/h11-21,26-28,35H,1-10H3,(H,36,40)(H,37,39)/t26-,27-,28-/m1/s1. The average molecular weight is 647 g/mol. The van der Waals surface area contributed by atoms with Gasteiger partial charge in [0.15, 0.2) is 0 Å². The number of halogens is 1. The van der Waals surface area contributed by atoms with E-state index in [1.165, 1.54) is 36.1 Å². The molecule has 0 aliphatic carbocycles. The molecule has 0 saturated carbocycles. The molecule has 0 heterocycles. The highest BCUT2D eigenvalue weighted by Crippen LogP contribution is 2.29. The molecule has 9 nitrogen and oxygen atoms in total. The molecule has 0 bridgehead atoms. The maximum Gasteiger partial charge on any atom is 0.264 e. The first kappa shape index (κ1) is 37.0. The second-order valence-corrected chi connectivity index (χ2v) is 15.2. The molecule has 0 aliphatic rings. The molecule has 2 aromatic rings. The van der Waals surface area contributed by atoms with Gasteiger partial charge in [-0.25, -0.2) is 13.1 Å². The van der Waals surface area contributed by atoms with E-state index in [1.54, 1.807) is 20.2 Å². The molecule has 3 N–H and O–H groups in total. The van der Waals surface area contributed by atoms with Crippen LogP contribution in [0.5, 0.6) is 0 Å². The minimum atomic E-state index is -4.14. The van der Waals surface area contributed by atoms with Gasteiger partial charge >= 0.3 is 0 Å². The normalized spacial score (nSPS) is 14.9. The zero-order chi connectivity index (χ0) is 33.6. The van der Waals surface area contributed by atoms with Crippen LogP contribution in [0, 0.1) is 11.3 Å². The Balaban J connectivity index is 2.33. The van der Waals surface area contributed by atoms with E-state index in [-0.39, 0.29) is 28.2 Å². The van der Waals surface area contributed by atoms with E-state index < -0.39 is 44.9 Å². The number of sulfonamides is 1. The minimum Gasteiger partial charge on any atom is -0.342 e. The fourth-order valence-electron chi connectivity index (χ4n) is 5.04. The fraction of sp³-hybridized carbons (Fsp3) is 0.485. The Kier molecular flexibility index (Phi) is 12.4. The summed E-state index contributed by atoms with van der Waals surface area (Å²) >= 11 is 5.86. The van der Waals surface area contributed by atoms with Crippen molar-refractivity contribution in [3.63, 3.8) is 0 Å². The van der Waals surface area contributed by atoms with E-state index in [2.05, 4.69) is 15.4 Å². The molecule has 3 amide bonds. The molecule has 2 aromatic carbocycles. The van der Waals surface area contributed by atoms with Gasteiger partial charge in [-0.1, -0.05) is 96.5 Å². The maximum atomic E-state index is 14.0. The van der Waals surface area contributed by atoms with Crippen LogP contribution in [0.3, 0.4) is 0 Å². The lowest BCUT2D eigenvalue weighted by Crippen LogP contribution is -2.61. The van der Waals surface area contributed by atoms with Gasteiger partial charge < -0.3 is 15.5 Å². The summed E-state index contributed by atoms with van der Waals surface area (Å²) in [7, 11) is -0.800. The lowest BCUT2D eigenvalue weighted by atomic mass is 9.76. The lowest BCUT2D eigenvalue weighted by molar-refractivity contribution is -0.140. The van der Waals surface area contributed by atoms with Crippen LogP contribution in [0.2, 0.25) is 5.02 Å². The molecule has 3 atom stereocenters. The van der Waals surface area contributed by atoms with E-state index in [0.29, 0.717) is 5.02 Å². The molecular weight excluding hydrogens is 600 g/mol. The van der Waals surface area contributed by atoms with Gasteiger partial charge in [0.05, 0.1) is 17.0 Å². The highest BCUT2D eigenvalue weighted by Gasteiger charge is 2.41. The summed E-state index contributed by atoms with van der Waals surface area (Å²) in [6.07, 6.45) is 1.58. The second kappa shape index (κ2) is 14.7. The number of hydrogen-bond acceptors (Lipinski definition) is 6. The first-order chi connectivity index (χ1) is 20.2. The molecule has 0 fully saturated rings. The predicted molar refractivity (Wildman–Crippen MR) is 176 cm³/mol. The largest absolute Gasteiger partial charge is 0.342 e. The van der Waals surface area contributed by atoms with Crippen LogP contribution in [-0.4, -0.2) is 63.3 Å². The molecular formula is C33H47ClN4O5S. The molecule has 0 radical (unpaired) electrons. The Morgan fingerprint density at radius 2 is 1.45 bits per heavy atom. The third-order valence-electron chi connectivity index (χ3n) is 7.80. The first-order valence-electron chi connectivity index (χ1n) is 14.5. The number of amides is 3. The molecule has 242 valence electrons. The monoisotopic (exact) mass is 646 g/mol. The number of nitrogens with one attached hydrogen (secondary N) is 3. The number of carbonyl (C=O) groups excluding carboxylic acids is 3. The van der Waals surface area contributed by atoms with Gasteiger partial charge in [-0.3, -0.25) is 14.4 Å². The first-order valence-corrected chi connectivity index (χ1v) is 16.4. The van der Waals surface area contributed by atoms with Gasteiger partial charge in [0.25, 0.3) is 15.9 Å². The summed E-state index contributed by atoms with van der Waals surface area (Å²) in [6.45, 7) is 14.9. The van der Waals surface area contributed by atoms with Gasteiger partial charge in [0.2, 0.25) is 11.8 Å². The Bertz CT molecular complexity index is 1450. The van der Waals surface area contributed by atoms with Crippen molar-refractivity contribution < 1.29 is 22.8 Å². The number of rotatable bonds is 12. The molecule has 0 aliphatic heterocycles. The van der Waals surface area contributed by atoms with Crippen LogP contribution in [0.4, 0.5) is 0 Å². The Morgan fingerprint density at radius 1 is 0.909 bits per heavy atom. The fourth-order valence-corrected chi connectivity index (χ4v) is 6.18. The highest BCUT2D eigenvalue weighted by molar-refractivity contribution is 7.90. The van der Waals surface area contributed by atoms with E-state index in [4.69, 9.17) is 11.6 Å². The summed E-state index contributed by atoms with van der Waals surface area (Å²) in [5, 5.41) is 6.50. The summed E-state index contributed by atoms with van der Waals surface area (Å²) in [5.74, 6) is -1.61. The van der Waals surface area contributed by atoms with Crippen molar-refractivity contribution in [3.8, 4) is 0 Å². The topological polar surface area (TPSA) is 125 Å². The van der Waals surface area contributed by atoms with Crippen molar-refractivity contribution >= 4 is 39.3 Å². The van der Waals surface area contributed by atoms with Crippen LogP contribution in [0.1, 0.15) is 61.0 Å². The molecule has 2 rings (SSSR count). The minimum absolute atomic E-state index is 0.102. The molecule has 11 heteroatoms. The van der Waals surface area contributed by atoms with Crippen molar-refractivity contribution in [3.05, 3.63) is 76.8 Å². The van der Waals surface area contributed by atoms with Crippen molar-refractivity contribution in [1.29, 1.82) is 0 Å². The molecule has 0 aromatic heterocycles. The quantitative estimate of drug-likeness (QED) is 0.288. The van der Waals surface area contributed by atoms with E-state index in [9.17, 15) is 22.8 Å². The summed E-state index contributed by atoms with van der Waals surface area (Å²) < 4.78 is 27.6.